The summed E-state index contributed by atoms with van der Waals surface area (Å²) in [6.45, 7) is 0. The van der Waals surface area contributed by atoms with Crippen LogP contribution >= 0.6 is 22.7 Å². The van der Waals surface area contributed by atoms with E-state index in [1.54, 1.807) is 11.3 Å². The number of nitrogens with zero attached hydrogens (tertiary/aromatic N) is 2. The highest BCUT2D eigenvalue weighted by Crippen LogP contribution is 2.45. The van der Waals surface area contributed by atoms with Gasteiger partial charge in [-0.25, -0.2) is 4.98 Å². The zero-order valence-corrected chi connectivity index (χ0v) is 27.5. The maximum atomic E-state index is 6.37. The summed E-state index contributed by atoms with van der Waals surface area (Å²) in [5.41, 5.74) is 7.65. The number of aromatic nitrogens is 1. The summed E-state index contributed by atoms with van der Waals surface area (Å²) < 4.78 is 17.6. The lowest BCUT2D eigenvalue weighted by Gasteiger charge is -2.25. The average Bonchev–Trinajstić information content (AvgIpc) is 3.91. The molecule has 0 unspecified atom stereocenters. The van der Waals surface area contributed by atoms with Gasteiger partial charge in [-0.1, -0.05) is 60.7 Å². The van der Waals surface area contributed by atoms with Crippen LogP contribution in [-0.2, 0) is 0 Å². The molecule has 0 amide bonds. The molecule has 0 saturated carbocycles. The van der Waals surface area contributed by atoms with Gasteiger partial charge in [0.25, 0.3) is 0 Å². The van der Waals surface area contributed by atoms with Crippen LogP contribution in [0.25, 0.3) is 84.8 Å². The summed E-state index contributed by atoms with van der Waals surface area (Å²) in [6, 6.07) is 51.5. The minimum atomic E-state index is 0.646. The van der Waals surface area contributed by atoms with Crippen molar-refractivity contribution in [1.29, 1.82) is 0 Å². The van der Waals surface area contributed by atoms with Crippen LogP contribution in [0.15, 0.2) is 154 Å². The number of para-hydroxylation sites is 1. The fourth-order valence-corrected chi connectivity index (χ4v) is 9.42. The van der Waals surface area contributed by atoms with Crippen molar-refractivity contribution in [3.63, 3.8) is 0 Å². The highest BCUT2D eigenvalue weighted by Gasteiger charge is 2.19. The quantitative estimate of drug-likeness (QED) is 0.188. The van der Waals surface area contributed by atoms with Crippen molar-refractivity contribution in [2.45, 2.75) is 0 Å². The van der Waals surface area contributed by atoms with Crippen molar-refractivity contribution >= 4 is 113 Å². The topological polar surface area (TPSA) is 42.4 Å². The van der Waals surface area contributed by atoms with Gasteiger partial charge >= 0.3 is 0 Å². The van der Waals surface area contributed by atoms with Crippen molar-refractivity contribution in [2.24, 2.45) is 0 Å². The first-order chi connectivity index (χ1) is 24.2. The minimum absolute atomic E-state index is 0.646. The van der Waals surface area contributed by atoms with Gasteiger partial charge in [0.1, 0.15) is 16.7 Å². The fraction of sp³-hybridized carbons (Fsp3) is 0. The van der Waals surface area contributed by atoms with Gasteiger partial charge in [-0.05, 0) is 72.8 Å². The zero-order chi connectivity index (χ0) is 32.1. The number of fused-ring (bicyclic) bond motifs is 10. The molecule has 0 aliphatic heterocycles. The Labute approximate surface area is 287 Å². The van der Waals surface area contributed by atoms with E-state index in [9.17, 15) is 0 Å². The van der Waals surface area contributed by atoms with E-state index < -0.39 is 0 Å². The van der Waals surface area contributed by atoms with E-state index >= 15 is 0 Å². The van der Waals surface area contributed by atoms with Crippen LogP contribution in [0, 0.1) is 0 Å². The molecule has 11 aromatic rings. The number of oxazole rings is 1. The molecule has 0 bridgehead atoms. The molecule has 49 heavy (non-hydrogen) atoms. The van der Waals surface area contributed by atoms with Crippen LogP contribution < -0.4 is 4.90 Å². The number of thiophene rings is 2. The monoisotopic (exact) mass is 664 g/mol. The standard InChI is InChI=1S/C43H24N2O2S2/c1-2-8-25(9-3-1)43-44-35-23-34-32-18-15-28(22-41(32)49-42(34)24-38(35)47-43)45(26-16-19-40-33(20-26)31-11-5-7-13-39(31)48-40)27-14-17-30-29-10-4-6-12-36(29)46-37(30)21-27/h1-24H. The van der Waals surface area contributed by atoms with Gasteiger partial charge in [0, 0.05) is 85.9 Å². The van der Waals surface area contributed by atoms with Gasteiger partial charge in [-0.3, -0.25) is 0 Å². The molecule has 0 radical (unpaired) electrons. The molecule has 0 spiro atoms. The van der Waals surface area contributed by atoms with Crippen molar-refractivity contribution in [3.05, 3.63) is 146 Å². The third-order valence-corrected chi connectivity index (χ3v) is 11.8. The van der Waals surface area contributed by atoms with E-state index in [1.165, 1.54) is 40.3 Å². The van der Waals surface area contributed by atoms with Crippen LogP contribution in [0.5, 0.6) is 0 Å². The third-order valence-electron chi connectivity index (χ3n) is 9.48. The highest BCUT2D eigenvalue weighted by atomic mass is 32.1. The highest BCUT2D eigenvalue weighted by molar-refractivity contribution is 7.26. The lowest BCUT2D eigenvalue weighted by atomic mass is 10.1. The molecule has 0 aliphatic carbocycles. The fourth-order valence-electron chi connectivity index (χ4n) is 7.18. The second kappa shape index (κ2) is 10.3. The summed E-state index contributed by atoms with van der Waals surface area (Å²) in [6.07, 6.45) is 0. The largest absolute Gasteiger partial charge is 0.456 e. The summed E-state index contributed by atoms with van der Waals surface area (Å²) in [5, 5.41) is 7.19. The van der Waals surface area contributed by atoms with E-state index in [1.807, 2.05) is 53.8 Å². The van der Waals surface area contributed by atoms with Crippen molar-refractivity contribution in [3.8, 4) is 11.5 Å². The van der Waals surface area contributed by atoms with Gasteiger partial charge in [0.2, 0.25) is 5.89 Å². The van der Waals surface area contributed by atoms with Crippen molar-refractivity contribution in [2.75, 3.05) is 4.90 Å². The molecule has 0 fully saturated rings. The number of hydrogen-bond donors (Lipinski definition) is 0. The molecule has 0 atom stereocenters. The molecule has 4 heterocycles. The Hall–Kier alpha value is -5.95. The van der Waals surface area contributed by atoms with E-state index in [-0.39, 0.29) is 0 Å². The first-order valence-electron chi connectivity index (χ1n) is 16.2. The van der Waals surface area contributed by atoms with Crippen LogP contribution in [0.1, 0.15) is 0 Å². The summed E-state index contributed by atoms with van der Waals surface area (Å²) in [4.78, 5) is 7.20. The Kier molecular flexibility index (Phi) is 5.67. The maximum absolute atomic E-state index is 6.37. The van der Waals surface area contributed by atoms with E-state index in [0.717, 1.165) is 55.7 Å². The first-order valence-corrected chi connectivity index (χ1v) is 17.8. The Balaban J connectivity index is 1.10. The molecule has 4 aromatic heterocycles. The van der Waals surface area contributed by atoms with Gasteiger partial charge in [-0.15, -0.1) is 22.7 Å². The molecule has 0 N–H and O–H groups in total. The Morgan fingerprint density at radius 2 is 1.04 bits per heavy atom. The van der Waals surface area contributed by atoms with Crippen molar-refractivity contribution in [1.82, 2.24) is 4.98 Å². The number of hydrogen-bond acceptors (Lipinski definition) is 6. The number of benzene rings is 7. The van der Waals surface area contributed by atoms with E-state index in [2.05, 4.69) is 108 Å². The van der Waals surface area contributed by atoms with Gasteiger partial charge < -0.3 is 13.7 Å². The predicted octanol–water partition coefficient (Wildman–Crippen LogP) is 13.6. The molecule has 7 aromatic carbocycles. The Morgan fingerprint density at radius 1 is 0.408 bits per heavy atom. The summed E-state index contributed by atoms with van der Waals surface area (Å²) in [5.74, 6) is 0.646. The van der Waals surface area contributed by atoms with Crippen molar-refractivity contribution < 1.29 is 8.83 Å². The van der Waals surface area contributed by atoms with Crippen LogP contribution in [0.3, 0.4) is 0 Å². The summed E-state index contributed by atoms with van der Waals surface area (Å²) in [7, 11) is 0. The number of furan rings is 1. The predicted molar refractivity (Wildman–Crippen MR) is 207 cm³/mol. The molecule has 0 saturated heterocycles. The molecule has 0 aliphatic rings. The molecule has 230 valence electrons. The lowest BCUT2D eigenvalue weighted by molar-refractivity contribution is 0.620. The number of rotatable bonds is 4. The molecular weight excluding hydrogens is 641 g/mol. The van der Waals surface area contributed by atoms with Crippen LogP contribution in [0.2, 0.25) is 0 Å². The SMILES string of the molecule is c1ccc(-c2nc3cc4c(cc3o2)sc2cc(N(c3ccc5c(c3)oc3ccccc35)c3ccc5sc6ccccc6c5c3)ccc24)cc1. The maximum Gasteiger partial charge on any atom is 0.227 e. The van der Waals surface area contributed by atoms with E-state index in [0.29, 0.717) is 5.89 Å². The third kappa shape index (κ3) is 4.18. The second-order valence-electron chi connectivity index (χ2n) is 12.4. The first kappa shape index (κ1) is 27.0. The molecule has 4 nitrogen and oxygen atoms in total. The molecular formula is C43H24N2O2S2. The van der Waals surface area contributed by atoms with E-state index in [4.69, 9.17) is 13.8 Å². The Morgan fingerprint density at radius 3 is 1.96 bits per heavy atom. The minimum Gasteiger partial charge on any atom is -0.456 e. The van der Waals surface area contributed by atoms with Crippen LogP contribution in [-0.4, -0.2) is 4.98 Å². The summed E-state index contributed by atoms with van der Waals surface area (Å²) >= 11 is 3.62. The molecule has 11 rings (SSSR count). The average molecular weight is 665 g/mol. The second-order valence-corrected chi connectivity index (χ2v) is 14.5. The lowest BCUT2D eigenvalue weighted by Crippen LogP contribution is -2.09. The molecule has 6 heteroatoms. The van der Waals surface area contributed by atoms with Gasteiger partial charge in [-0.2, -0.15) is 0 Å². The smallest absolute Gasteiger partial charge is 0.227 e. The Bertz CT molecular complexity index is 3080. The van der Waals surface area contributed by atoms with Gasteiger partial charge in [0.05, 0.1) is 0 Å². The van der Waals surface area contributed by atoms with Gasteiger partial charge in [0.15, 0.2) is 5.58 Å². The van der Waals surface area contributed by atoms with Crippen LogP contribution in [0.4, 0.5) is 17.1 Å². The normalized spacial score (nSPS) is 12.1. The zero-order valence-electron chi connectivity index (χ0n) is 25.9. The number of anilines is 3.